The van der Waals surface area contributed by atoms with Gasteiger partial charge in [-0.05, 0) is 51.0 Å². The summed E-state index contributed by atoms with van der Waals surface area (Å²) in [6.07, 6.45) is 0.799. The lowest BCUT2D eigenvalue weighted by Crippen LogP contribution is -2.43. The fourth-order valence-electron chi connectivity index (χ4n) is 2.58. The van der Waals surface area contributed by atoms with Crippen LogP contribution in [0.1, 0.15) is 32.8 Å². The molecule has 1 unspecified atom stereocenters. The quantitative estimate of drug-likeness (QED) is 0.673. The van der Waals surface area contributed by atoms with E-state index in [4.69, 9.17) is 8.92 Å². The molecule has 1 saturated heterocycles. The van der Waals surface area contributed by atoms with E-state index in [1.807, 2.05) is 0 Å². The molecule has 8 nitrogen and oxygen atoms in total. The van der Waals surface area contributed by atoms with Crippen LogP contribution >= 0.6 is 15.9 Å². The van der Waals surface area contributed by atoms with Gasteiger partial charge in [-0.15, -0.1) is 0 Å². The number of hydrogen-bond donors (Lipinski definition) is 1. The van der Waals surface area contributed by atoms with E-state index >= 15 is 0 Å². The smallest absolute Gasteiger partial charge is 0.408 e. The number of ether oxygens (including phenoxy) is 1. The van der Waals surface area contributed by atoms with Crippen molar-refractivity contribution < 1.29 is 26.9 Å². The third kappa shape index (κ3) is 6.69. The highest BCUT2D eigenvalue weighted by Gasteiger charge is 2.34. The predicted octanol–water partition coefficient (Wildman–Crippen LogP) is 2.41. The molecule has 1 aromatic rings. The first-order chi connectivity index (χ1) is 12.3. The summed E-state index contributed by atoms with van der Waals surface area (Å²) in [5.74, 6) is -0.0482. The van der Waals surface area contributed by atoms with Gasteiger partial charge in [0, 0.05) is 17.6 Å². The zero-order chi connectivity index (χ0) is 20.4. The van der Waals surface area contributed by atoms with Crippen LogP contribution < -0.4 is 9.50 Å². The molecule has 0 aliphatic carbocycles. The number of benzene rings is 1. The summed E-state index contributed by atoms with van der Waals surface area (Å²) in [4.78, 5) is 26.0. The van der Waals surface area contributed by atoms with Gasteiger partial charge in [-0.2, -0.15) is 8.42 Å². The SMILES string of the molecule is CC(C)(C)OC(=O)NC1CCN(Cc2cc(OS(C)(=O)=O)ccc2Br)C1=O. The zero-order valence-electron chi connectivity index (χ0n) is 15.6. The Morgan fingerprint density at radius 3 is 2.63 bits per heavy atom. The number of alkyl carbamates (subject to hydrolysis) is 1. The molecular weight excluding hydrogens is 440 g/mol. The van der Waals surface area contributed by atoms with Gasteiger partial charge in [0.1, 0.15) is 17.4 Å². The Kier molecular flexibility index (Phi) is 6.41. The van der Waals surface area contributed by atoms with Crippen LogP contribution in [0, 0.1) is 0 Å². The van der Waals surface area contributed by atoms with Gasteiger partial charge < -0.3 is 19.1 Å². The predicted molar refractivity (Wildman–Crippen MR) is 103 cm³/mol. The van der Waals surface area contributed by atoms with Gasteiger partial charge in [0.15, 0.2) is 0 Å². The van der Waals surface area contributed by atoms with Crippen LogP contribution in [0.3, 0.4) is 0 Å². The maximum Gasteiger partial charge on any atom is 0.408 e. The lowest BCUT2D eigenvalue weighted by molar-refractivity contribution is -0.129. The minimum absolute atomic E-state index is 0.172. The minimum Gasteiger partial charge on any atom is -0.444 e. The molecule has 0 saturated carbocycles. The molecule has 1 aliphatic rings. The second-order valence-electron chi connectivity index (χ2n) is 7.29. The largest absolute Gasteiger partial charge is 0.444 e. The normalized spacial score (nSPS) is 17.7. The van der Waals surface area contributed by atoms with E-state index in [0.717, 1.165) is 10.7 Å². The molecule has 0 bridgehead atoms. The zero-order valence-corrected chi connectivity index (χ0v) is 18.0. The number of likely N-dealkylation sites (tertiary alicyclic amines) is 1. The molecule has 1 aromatic carbocycles. The molecule has 1 atom stereocenters. The van der Waals surface area contributed by atoms with Crippen molar-refractivity contribution in [1.29, 1.82) is 0 Å². The summed E-state index contributed by atoms with van der Waals surface area (Å²) in [6, 6.07) is 4.10. The van der Waals surface area contributed by atoms with E-state index in [9.17, 15) is 18.0 Å². The number of carbonyl (C=O) groups excluding carboxylic acids is 2. The minimum atomic E-state index is -3.64. The van der Waals surface area contributed by atoms with E-state index in [-0.39, 0.29) is 18.2 Å². The molecule has 1 aliphatic heterocycles. The van der Waals surface area contributed by atoms with Crippen LogP contribution in [0.5, 0.6) is 5.75 Å². The van der Waals surface area contributed by atoms with Crippen LogP contribution in [0.25, 0.3) is 0 Å². The summed E-state index contributed by atoms with van der Waals surface area (Å²) < 4.78 is 33.4. The molecule has 0 radical (unpaired) electrons. The number of hydrogen-bond acceptors (Lipinski definition) is 6. The van der Waals surface area contributed by atoms with Crippen molar-refractivity contribution in [2.75, 3.05) is 12.8 Å². The maximum absolute atomic E-state index is 12.5. The van der Waals surface area contributed by atoms with Crippen LogP contribution in [0.15, 0.2) is 22.7 Å². The van der Waals surface area contributed by atoms with Crippen molar-refractivity contribution in [3.05, 3.63) is 28.2 Å². The van der Waals surface area contributed by atoms with Crippen LogP contribution in [0.4, 0.5) is 4.79 Å². The van der Waals surface area contributed by atoms with Gasteiger partial charge >= 0.3 is 16.2 Å². The van der Waals surface area contributed by atoms with Gasteiger partial charge in [-0.3, -0.25) is 4.79 Å². The fourth-order valence-corrected chi connectivity index (χ4v) is 3.41. The fraction of sp³-hybridized carbons (Fsp3) is 0.529. The van der Waals surface area contributed by atoms with Crippen molar-refractivity contribution in [3.8, 4) is 5.75 Å². The van der Waals surface area contributed by atoms with Gasteiger partial charge in [0.2, 0.25) is 5.91 Å². The first kappa shape index (κ1) is 21.5. The maximum atomic E-state index is 12.5. The van der Waals surface area contributed by atoms with E-state index in [1.54, 1.807) is 37.8 Å². The second kappa shape index (κ2) is 8.05. The molecule has 27 heavy (non-hydrogen) atoms. The molecule has 0 aromatic heterocycles. The van der Waals surface area contributed by atoms with Crippen molar-refractivity contribution in [1.82, 2.24) is 10.2 Å². The highest BCUT2D eigenvalue weighted by Crippen LogP contribution is 2.26. The standard InChI is InChI=1S/C17H23BrN2O6S/c1-17(2,3)25-16(22)19-14-7-8-20(15(14)21)10-11-9-12(5-6-13(11)18)26-27(4,23)24/h5-6,9,14H,7-8,10H2,1-4H3,(H,19,22). The summed E-state index contributed by atoms with van der Waals surface area (Å²) in [6.45, 7) is 5.96. The van der Waals surface area contributed by atoms with Crippen molar-refractivity contribution in [2.24, 2.45) is 0 Å². The Hall–Kier alpha value is -1.81. The lowest BCUT2D eigenvalue weighted by atomic mass is 10.2. The number of halogens is 1. The molecular formula is C17H23BrN2O6S. The monoisotopic (exact) mass is 462 g/mol. The number of carbonyl (C=O) groups is 2. The summed E-state index contributed by atoms with van der Waals surface area (Å²) in [5.41, 5.74) is 0.0542. The topological polar surface area (TPSA) is 102 Å². The highest BCUT2D eigenvalue weighted by molar-refractivity contribution is 9.10. The Balaban J connectivity index is 2.03. The Morgan fingerprint density at radius 1 is 1.37 bits per heavy atom. The lowest BCUT2D eigenvalue weighted by Gasteiger charge is -2.22. The van der Waals surface area contributed by atoms with E-state index in [0.29, 0.717) is 18.5 Å². The molecule has 0 spiro atoms. The molecule has 10 heteroatoms. The Bertz CT molecular complexity index is 834. The number of amides is 2. The summed E-state index contributed by atoms with van der Waals surface area (Å²) >= 11 is 3.39. The van der Waals surface area contributed by atoms with Crippen LogP contribution in [-0.2, 0) is 26.2 Å². The van der Waals surface area contributed by atoms with Crippen molar-refractivity contribution in [2.45, 2.75) is 45.4 Å². The summed E-state index contributed by atoms with van der Waals surface area (Å²) in [5, 5.41) is 2.59. The van der Waals surface area contributed by atoms with Crippen molar-refractivity contribution in [3.63, 3.8) is 0 Å². The van der Waals surface area contributed by atoms with Crippen molar-refractivity contribution >= 4 is 38.0 Å². The summed E-state index contributed by atoms with van der Waals surface area (Å²) in [7, 11) is -3.64. The number of nitrogens with zero attached hydrogens (tertiary/aromatic N) is 1. The molecule has 1 fully saturated rings. The van der Waals surface area contributed by atoms with Gasteiger partial charge in [-0.25, -0.2) is 4.79 Å². The first-order valence-corrected chi connectivity index (χ1v) is 10.9. The Morgan fingerprint density at radius 2 is 2.04 bits per heavy atom. The highest BCUT2D eigenvalue weighted by atomic mass is 79.9. The van der Waals surface area contributed by atoms with E-state index in [1.165, 1.54) is 6.07 Å². The van der Waals surface area contributed by atoms with Gasteiger partial charge in [-0.1, -0.05) is 15.9 Å². The average Bonchev–Trinajstić information content (AvgIpc) is 2.80. The Labute approximate surface area is 167 Å². The second-order valence-corrected chi connectivity index (χ2v) is 9.72. The van der Waals surface area contributed by atoms with Gasteiger partial charge in [0.05, 0.1) is 6.26 Å². The third-order valence-electron chi connectivity index (χ3n) is 3.61. The third-order valence-corrected chi connectivity index (χ3v) is 4.88. The number of nitrogens with one attached hydrogen (secondary N) is 1. The first-order valence-electron chi connectivity index (χ1n) is 8.30. The molecule has 150 valence electrons. The molecule has 2 amide bonds. The van der Waals surface area contributed by atoms with E-state index < -0.39 is 27.9 Å². The molecule has 1 heterocycles. The molecule has 1 N–H and O–H groups in total. The molecule has 2 rings (SSSR count). The number of rotatable bonds is 5. The average molecular weight is 463 g/mol. The van der Waals surface area contributed by atoms with Crippen LogP contribution in [-0.4, -0.2) is 49.8 Å². The van der Waals surface area contributed by atoms with E-state index in [2.05, 4.69) is 21.2 Å². The van der Waals surface area contributed by atoms with Gasteiger partial charge in [0.25, 0.3) is 0 Å². The van der Waals surface area contributed by atoms with Crippen LogP contribution in [0.2, 0.25) is 0 Å².